The summed E-state index contributed by atoms with van der Waals surface area (Å²) in [6.45, 7) is 0. The van der Waals surface area contributed by atoms with Gasteiger partial charge in [0.05, 0.1) is 27.4 Å². The van der Waals surface area contributed by atoms with Gasteiger partial charge in [0.2, 0.25) is 0 Å². The van der Waals surface area contributed by atoms with Gasteiger partial charge in [-0.25, -0.2) is 8.42 Å². The fraction of sp³-hybridized carbons (Fsp3) is 0.533. The van der Waals surface area contributed by atoms with E-state index in [1.165, 1.54) is 6.07 Å². The molecule has 0 spiro atoms. The maximum atomic E-state index is 11.7. The Morgan fingerprint density at radius 2 is 1.85 bits per heavy atom. The highest BCUT2D eigenvalue weighted by atomic mass is 32.2. The molecule has 11 heteroatoms. The minimum absolute atomic E-state index is 0.00285. The lowest BCUT2D eigenvalue weighted by atomic mass is 9.86. The second-order valence-electron chi connectivity index (χ2n) is 6.34. The number of rotatable bonds is 7. The van der Waals surface area contributed by atoms with Crippen LogP contribution in [0.1, 0.15) is 32.1 Å². The van der Waals surface area contributed by atoms with Gasteiger partial charge in [0, 0.05) is 18.2 Å². The van der Waals surface area contributed by atoms with Gasteiger partial charge < -0.3 is 0 Å². The van der Waals surface area contributed by atoms with Crippen molar-refractivity contribution < 1.29 is 18.3 Å². The predicted octanol–water partition coefficient (Wildman–Crippen LogP) is 2.90. The molecule has 1 saturated carbocycles. The van der Waals surface area contributed by atoms with E-state index in [4.69, 9.17) is 0 Å². The van der Waals surface area contributed by atoms with E-state index < -0.39 is 31.1 Å². The molecule has 26 heavy (non-hydrogen) atoms. The van der Waals surface area contributed by atoms with Gasteiger partial charge in [-0.05, 0) is 18.9 Å². The second-order valence-corrected chi connectivity index (χ2v) is 8.48. The Hall–Kier alpha value is -2.56. The van der Waals surface area contributed by atoms with Crippen LogP contribution in [0.2, 0.25) is 0 Å². The third kappa shape index (κ3) is 5.48. The van der Waals surface area contributed by atoms with E-state index in [0.29, 0.717) is 5.71 Å². The molecule has 0 aromatic heterocycles. The average molecular weight is 384 g/mol. The molecule has 0 atom stereocenters. The molecule has 1 aromatic rings. The molecule has 0 bridgehead atoms. The van der Waals surface area contributed by atoms with Crippen molar-refractivity contribution in [2.45, 2.75) is 32.1 Å². The lowest BCUT2D eigenvalue weighted by Crippen LogP contribution is -2.26. The Kier molecular flexibility index (Phi) is 6.24. The zero-order valence-electron chi connectivity index (χ0n) is 14.3. The number of hydrogen-bond acceptors (Lipinski definition) is 8. The van der Waals surface area contributed by atoms with E-state index in [1.807, 2.05) is 0 Å². The van der Waals surface area contributed by atoms with Crippen LogP contribution in [-0.2, 0) is 9.84 Å². The predicted molar refractivity (Wildman–Crippen MR) is 97.1 cm³/mol. The van der Waals surface area contributed by atoms with Crippen molar-refractivity contribution in [3.63, 3.8) is 0 Å². The molecule has 2 rings (SSSR count). The van der Waals surface area contributed by atoms with Gasteiger partial charge in [-0.1, -0.05) is 19.3 Å². The molecule has 0 unspecified atom stereocenters. The fourth-order valence-corrected chi connectivity index (χ4v) is 3.79. The summed E-state index contributed by atoms with van der Waals surface area (Å²) >= 11 is 0. The number of nitrogens with zero attached hydrogens (tertiary/aromatic N) is 3. The molecule has 1 aliphatic rings. The Labute approximate surface area is 150 Å². The minimum atomic E-state index is -3.32. The highest BCUT2D eigenvalue weighted by molar-refractivity contribution is 7.91. The zero-order chi connectivity index (χ0) is 19.3. The standard InChI is InChI=1S/C15H20N4O6S/c1-26(24,25)10-14(11-5-3-2-4-6-11)17-16-13-8-7-12(18(20)21)9-15(13)19(22)23/h7-9,11,16H,2-6,10H2,1H3/b17-14+. The van der Waals surface area contributed by atoms with Gasteiger partial charge in [-0.3, -0.25) is 25.7 Å². The zero-order valence-corrected chi connectivity index (χ0v) is 15.1. The Bertz CT molecular complexity index is 831. The van der Waals surface area contributed by atoms with Gasteiger partial charge in [0.15, 0.2) is 9.84 Å². The first-order valence-corrected chi connectivity index (χ1v) is 10.2. The van der Waals surface area contributed by atoms with E-state index in [2.05, 4.69) is 10.5 Å². The maximum Gasteiger partial charge on any atom is 0.301 e. The van der Waals surface area contributed by atoms with E-state index in [-0.39, 0.29) is 17.4 Å². The molecule has 0 radical (unpaired) electrons. The summed E-state index contributed by atoms with van der Waals surface area (Å²) < 4.78 is 23.4. The number of hydrogen-bond donors (Lipinski definition) is 1. The molecule has 1 aromatic carbocycles. The molecular formula is C15H20N4O6S. The van der Waals surface area contributed by atoms with Crippen molar-refractivity contribution in [2.75, 3.05) is 17.4 Å². The van der Waals surface area contributed by atoms with Crippen molar-refractivity contribution in [3.05, 3.63) is 38.4 Å². The molecule has 1 fully saturated rings. The number of benzene rings is 1. The normalized spacial score (nSPS) is 16.3. The van der Waals surface area contributed by atoms with Crippen LogP contribution >= 0.6 is 0 Å². The van der Waals surface area contributed by atoms with Crippen molar-refractivity contribution in [3.8, 4) is 0 Å². The number of hydrazone groups is 1. The van der Waals surface area contributed by atoms with E-state index >= 15 is 0 Å². The maximum absolute atomic E-state index is 11.7. The number of nitro groups is 2. The topological polar surface area (TPSA) is 145 Å². The molecule has 1 N–H and O–H groups in total. The molecule has 142 valence electrons. The van der Waals surface area contributed by atoms with Gasteiger partial charge in [-0.15, -0.1) is 0 Å². The molecule has 1 aliphatic carbocycles. The number of nitro benzene ring substituents is 2. The summed E-state index contributed by atoms with van der Waals surface area (Å²) in [6.07, 6.45) is 5.79. The van der Waals surface area contributed by atoms with Crippen LogP contribution in [0.4, 0.5) is 17.1 Å². The smallest absolute Gasteiger partial charge is 0.272 e. The van der Waals surface area contributed by atoms with E-state index in [0.717, 1.165) is 50.5 Å². The van der Waals surface area contributed by atoms with Crippen LogP contribution in [0, 0.1) is 26.1 Å². The van der Waals surface area contributed by atoms with E-state index in [9.17, 15) is 28.6 Å². The fourth-order valence-electron chi connectivity index (χ4n) is 2.96. The van der Waals surface area contributed by atoms with Crippen molar-refractivity contribution in [1.29, 1.82) is 0 Å². The van der Waals surface area contributed by atoms with Crippen LogP contribution in [0.3, 0.4) is 0 Å². The largest absolute Gasteiger partial charge is 0.301 e. The molecule has 0 saturated heterocycles. The number of non-ortho nitro benzene ring substituents is 1. The molecule has 10 nitrogen and oxygen atoms in total. The van der Waals surface area contributed by atoms with Crippen LogP contribution in [-0.4, -0.2) is 36.0 Å². The molecule has 0 heterocycles. The van der Waals surface area contributed by atoms with Crippen LogP contribution in [0.5, 0.6) is 0 Å². The lowest BCUT2D eigenvalue weighted by Gasteiger charge is -2.23. The summed E-state index contributed by atoms with van der Waals surface area (Å²) in [7, 11) is -3.32. The summed E-state index contributed by atoms with van der Waals surface area (Å²) in [4.78, 5) is 20.5. The van der Waals surface area contributed by atoms with Crippen molar-refractivity contribution in [2.24, 2.45) is 11.0 Å². The number of nitrogens with one attached hydrogen (secondary N) is 1. The molecular weight excluding hydrogens is 364 g/mol. The monoisotopic (exact) mass is 384 g/mol. The molecule has 0 aliphatic heterocycles. The van der Waals surface area contributed by atoms with Gasteiger partial charge >= 0.3 is 5.69 Å². The summed E-state index contributed by atoms with van der Waals surface area (Å²) in [5.74, 6) is -0.228. The number of anilines is 1. The molecule has 0 amide bonds. The van der Waals surface area contributed by atoms with Gasteiger partial charge in [0.25, 0.3) is 5.69 Å². The summed E-state index contributed by atoms with van der Waals surface area (Å²) in [6, 6.07) is 3.16. The first-order valence-electron chi connectivity index (χ1n) is 8.10. The highest BCUT2D eigenvalue weighted by Gasteiger charge is 2.24. The highest BCUT2D eigenvalue weighted by Crippen LogP contribution is 2.30. The third-order valence-corrected chi connectivity index (χ3v) is 5.02. The summed E-state index contributed by atoms with van der Waals surface area (Å²) in [5, 5.41) is 26.1. The SMILES string of the molecule is CS(=O)(=O)C/C(=N\Nc1ccc([N+](=O)[O-])cc1[N+](=O)[O-])C1CCCCC1. The quantitative estimate of drug-likeness (QED) is 0.432. The van der Waals surface area contributed by atoms with Crippen LogP contribution < -0.4 is 5.43 Å². The second kappa shape index (κ2) is 8.21. The summed E-state index contributed by atoms with van der Waals surface area (Å²) in [5.41, 5.74) is 2.04. The van der Waals surface area contributed by atoms with Crippen molar-refractivity contribution in [1.82, 2.24) is 0 Å². The Morgan fingerprint density at radius 1 is 1.19 bits per heavy atom. The minimum Gasteiger partial charge on any atom is -0.272 e. The first-order chi connectivity index (χ1) is 12.2. The Morgan fingerprint density at radius 3 is 2.38 bits per heavy atom. The van der Waals surface area contributed by atoms with Crippen LogP contribution in [0.25, 0.3) is 0 Å². The third-order valence-electron chi connectivity index (χ3n) is 4.20. The average Bonchev–Trinajstić information content (AvgIpc) is 2.58. The lowest BCUT2D eigenvalue weighted by molar-refractivity contribution is -0.393. The van der Waals surface area contributed by atoms with E-state index in [1.54, 1.807) is 0 Å². The first kappa shape index (κ1) is 19.8. The Balaban J connectivity index is 2.32. The van der Waals surface area contributed by atoms with Crippen molar-refractivity contribution >= 4 is 32.6 Å². The van der Waals surface area contributed by atoms with Crippen LogP contribution in [0.15, 0.2) is 23.3 Å². The van der Waals surface area contributed by atoms with Gasteiger partial charge in [-0.2, -0.15) is 5.10 Å². The number of sulfone groups is 1. The van der Waals surface area contributed by atoms with Gasteiger partial charge in [0.1, 0.15) is 5.69 Å².